The van der Waals surface area contributed by atoms with Gasteiger partial charge in [0.15, 0.2) is 0 Å². The molecule has 4 heteroatoms. The van der Waals surface area contributed by atoms with E-state index in [1.54, 1.807) is 11.3 Å². The molecule has 0 saturated heterocycles. The van der Waals surface area contributed by atoms with E-state index in [9.17, 15) is 0 Å². The van der Waals surface area contributed by atoms with Gasteiger partial charge >= 0.3 is 0 Å². The second-order valence-electron chi connectivity index (χ2n) is 3.45. The lowest BCUT2D eigenvalue weighted by molar-refractivity contribution is 1.14. The minimum absolute atomic E-state index is 0.176. The molecule has 1 heterocycles. The topological polar surface area (TPSA) is 0 Å². The van der Waals surface area contributed by atoms with Crippen LogP contribution in [-0.2, 0) is 0 Å². The number of hydrogen-bond donors (Lipinski definition) is 0. The molecule has 0 radical (unpaired) electrons. The van der Waals surface area contributed by atoms with E-state index in [0.717, 1.165) is 25.5 Å². The van der Waals surface area contributed by atoms with Crippen molar-refractivity contribution < 1.29 is 0 Å². The molecule has 0 amide bonds. The highest BCUT2D eigenvalue weighted by atomic mass is 79.9. The first kappa shape index (κ1) is 12.4. The summed E-state index contributed by atoms with van der Waals surface area (Å²) in [7, 11) is 0. The summed E-state index contributed by atoms with van der Waals surface area (Å²) in [6.07, 6.45) is 0. The van der Waals surface area contributed by atoms with Crippen LogP contribution in [0.3, 0.4) is 0 Å². The van der Waals surface area contributed by atoms with Crippen molar-refractivity contribution in [2.75, 3.05) is 0 Å². The molecule has 0 aliphatic heterocycles. The van der Waals surface area contributed by atoms with Crippen LogP contribution in [0.4, 0.5) is 0 Å². The number of halogens is 3. The van der Waals surface area contributed by atoms with E-state index in [-0.39, 0.29) is 5.38 Å². The van der Waals surface area contributed by atoms with Gasteiger partial charge in [0.2, 0.25) is 0 Å². The van der Waals surface area contributed by atoms with Gasteiger partial charge in [-0.15, -0.1) is 22.9 Å². The van der Waals surface area contributed by atoms with Gasteiger partial charge in [-0.05, 0) is 35.6 Å². The normalized spacial score (nSPS) is 12.8. The number of alkyl halides is 1. The zero-order valence-corrected chi connectivity index (χ0v) is 12.4. The summed E-state index contributed by atoms with van der Waals surface area (Å²) >= 11 is 17.6. The smallest absolute Gasteiger partial charge is 0.0945 e. The average molecular weight is 336 g/mol. The Morgan fingerprint density at radius 3 is 2.69 bits per heavy atom. The Hall–Kier alpha value is -0.0200. The fraction of sp³-hybridized carbons (Fsp3) is 0.167. The zero-order valence-electron chi connectivity index (χ0n) is 8.51. The van der Waals surface area contributed by atoms with Gasteiger partial charge in [-0.3, -0.25) is 0 Å². The van der Waals surface area contributed by atoms with Crippen LogP contribution in [0, 0.1) is 6.92 Å². The van der Waals surface area contributed by atoms with Gasteiger partial charge in [0.25, 0.3) is 0 Å². The number of hydrogen-bond acceptors (Lipinski definition) is 1. The SMILES string of the molecule is Cc1c(Br)cccc1C(Cl)c1sccc1Cl. The van der Waals surface area contributed by atoms with E-state index in [4.69, 9.17) is 23.2 Å². The third-order valence-electron chi connectivity index (χ3n) is 2.46. The summed E-state index contributed by atoms with van der Waals surface area (Å²) in [5.41, 5.74) is 2.26. The van der Waals surface area contributed by atoms with E-state index in [1.807, 2.05) is 29.6 Å². The highest BCUT2D eigenvalue weighted by Gasteiger charge is 2.18. The maximum absolute atomic E-state index is 6.46. The van der Waals surface area contributed by atoms with Crippen molar-refractivity contribution in [3.63, 3.8) is 0 Å². The Bertz CT molecular complexity index is 507. The van der Waals surface area contributed by atoms with Gasteiger partial charge in [-0.1, -0.05) is 39.7 Å². The molecular formula is C12H9BrCl2S. The summed E-state index contributed by atoms with van der Waals surface area (Å²) in [4.78, 5) is 1.00. The molecule has 0 nitrogen and oxygen atoms in total. The summed E-state index contributed by atoms with van der Waals surface area (Å²) < 4.78 is 1.07. The minimum Gasteiger partial charge on any atom is -0.145 e. The van der Waals surface area contributed by atoms with Crippen LogP contribution >= 0.6 is 50.5 Å². The lowest BCUT2D eigenvalue weighted by Crippen LogP contribution is -1.95. The molecule has 0 fully saturated rings. The molecule has 1 aromatic heterocycles. The maximum atomic E-state index is 6.46. The lowest BCUT2D eigenvalue weighted by Gasteiger charge is -2.13. The van der Waals surface area contributed by atoms with Crippen LogP contribution in [0.1, 0.15) is 21.4 Å². The molecule has 0 saturated carbocycles. The van der Waals surface area contributed by atoms with E-state index in [2.05, 4.69) is 22.9 Å². The first-order valence-corrected chi connectivity index (χ1v) is 7.22. The van der Waals surface area contributed by atoms with E-state index in [1.165, 1.54) is 0 Å². The summed E-state index contributed by atoms with van der Waals surface area (Å²) in [5, 5.41) is 2.52. The fourth-order valence-electron chi connectivity index (χ4n) is 1.53. The molecule has 16 heavy (non-hydrogen) atoms. The number of benzene rings is 1. The second kappa shape index (κ2) is 5.09. The van der Waals surface area contributed by atoms with Crippen molar-refractivity contribution in [3.8, 4) is 0 Å². The Morgan fingerprint density at radius 1 is 1.31 bits per heavy atom. The van der Waals surface area contributed by atoms with Gasteiger partial charge in [0.05, 0.1) is 10.4 Å². The van der Waals surface area contributed by atoms with Crippen molar-refractivity contribution in [2.24, 2.45) is 0 Å². The van der Waals surface area contributed by atoms with Crippen molar-refractivity contribution in [1.82, 2.24) is 0 Å². The average Bonchev–Trinajstić information content (AvgIpc) is 2.68. The van der Waals surface area contributed by atoms with E-state index < -0.39 is 0 Å². The van der Waals surface area contributed by atoms with Crippen LogP contribution in [0.5, 0.6) is 0 Å². The Labute approximate surface area is 117 Å². The standard InChI is InChI=1S/C12H9BrCl2S/c1-7-8(3-2-4-9(7)13)11(15)12-10(14)5-6-16-12/h2-6,11H,1H3. The molecule has 0 spiro atoms. The Balaban J connectivity index is 2.46. The third-order valence-corrected chi connectivity index (χ3v) is 5.32. The van der Waals surface area contributed by atoms with Crippen LogP contribution in [-0.4, -0.2) is 0 Å². The predicted molar refractivity (Wildman–Crippen MR) is 75.9 cm³/mol. The molecule has 1 atom stereocenters. The van der Waals surface area contributed by atoms with E-state index >= 15 is 0 Å². The van der Waals surface area contributed by atoms with Crippen LogP contribution in [0.15, 0.2) is 34.1 Å². The highest BCUT2D eigenvalue weighted by Crippen LogP contribution is 2.39. The van der Waals surface area contributed by atoms with Crippen molar-refractivity contribution in [3.05, 3.63) is 55.1 Å². The monoisotopic (exact) mass is 334 g/mol. The van der Waals surface area contributed by atoms with Gasteiger partial charge in [0.1, 0.15) is 0 Å². The number of rotatable bonds is 2. The molecule has 1 aromatic carbocycles. The molecule has 2 rings (SSSR count). The fourth-order valence-corrected chi connectivity index (χ4v) is 3.63. The molecule has 0 bridgehead atoms. The first-order chi connectivity index (χ1) is 7.61. The van der Waals surface area contributed by atoms with Crippen molar-refractivity contribution in [2.45, 2.75) is 12.3 Å². The first-order valence-electron chi connectivity index (χ1n) is 4.73. The van der Waals surface area contributed by atoms with Crippen LogP contribution in [0.2, 0.25) is 5.02 Å². The number of thiophene rings is 1. The largest absolute Gasteiger partial charge is 0.145 e. The van der Waals surface area contributed by atoms with E-state index in [0.29, 0.717) is 0 Å². The Kier molecular flexibility index (Phi) is 3.96. The summed E-state index contributed by atoms with van der Waals surface area (Å²) in [6.45, 7) is 2.05. The lowest BCUT2D eigenvalue weighted by atomic mass is 10.0. The highest BCUT2D eigenvalue weighted by molar-refractivity contribution is 9.10. The van der Waals surface area contributed by atoms with Crippen LogP contribution in [0.25, 0.3) is 0 Å². The molecule has 0 N–H and O–H groups in total. The van der Waals surface area contributed by atoms with Gasteiger partial charge < -0.3 is 0 Å². The summed E-state index contributed by atoms with van der Waals surface area (Å²) in [6, 6.07) is 7.92. The maximum Gasteiger partial charge on any atom is 0.0945 e. The van der Waals surface area contributed by atoms with Crippen molar-refractivity contribution in [1.29, 1.82) is 0 Å². The minimum atomic E-state index is -0.176. The molecule has 0 aliphatic rings. The quantitative estimate of drug-likeness (QED) is 0.608. The molecule has 84 valence electrons. The molecule has 1 unspecified atom stereocenters. The second-order valence-corrected chi connectivity index (χ2v) is 6.10. The Morgan fingerprint density at radius 2 is 2.06 bits per heavy atom. The molecule has 2 aromatic rings. The van der Waals surface area contributed by atoms with Crippen LogP contribution < -0.4 is 0 Å². The molecular weight excluding hydrogens is 327 g/mol. The van der Waals surface area contributed by atoms with Crippen molar-refractivity contribution >= 4 is 50.5 Å². The summed E-state index contributed by atoms with van der Waals surface area (Å²) in [5.74, 6) is 0. The van der Waals surface area contributed by atoms with Gasteiger partial charge in [-0.2, -0.15) is 0 Å². The van der Waals surface area contributed by atoms with Gasteiger partial charge in [0, 0.05) is 9.35 Å². The van der Waals surface area contributed by atoms with Gasteiger partial charge in [-0.25, -0.2) is 0 Å². The molecule has 0 aliphatic carbocycles. The predicted octanol–water partition coefficient (Wildman–Crippen LogP) is 5.80. The zero-order chi connectivity index (χ0) is 11.7. The third kappa shape index (κ3) is 2.30.